The van der Waals surface area contributed by atoms with Gasteiger partial charge in [-0.3, -0.25) is 4.99 Å². The third-order valence-corrected chi connectivity index (χ3v) is 5.35. The molecular weight excluding hydrogens is 366 g/mol. The first-order valence-corrected chi connectivity index (χ1v) is 9.57. The van der Waals surface area contributed by atoms with E-state index in [0.717, 1.165) is 4.88 Å². The van der Waals surface area contributed by atoms with Crippen LogP contribution in [0, 0.1) is 0 Å². The average molecular weight is 378 g/mol. The Balaban J connectivity index is 1.72. The number of hydrogen-bond acceptors (Lipinski definition) is 5. The van der Waals surface area contributed by atoms with Crippen LogP contribution in [0.5, 0.6) is 5.75 Å². The first kappa shape index (κ1) is 16.7. The van der Waals surface area contributed by atoms with Gasteiger partial charge in [0, 0.05) is 16.1 Å². The van der Waals surface area contributed by atoms with Crippen LogP contribution >= 0.6 is 22.9 Å². The van der Waals surface area contributed by atoms with E-state index >= 15 is 0 Å². The van der Waals surface area contributed by atoms with Crippen LogP contribution in [0.2, 0.25) is 5.02 Å². The van der Waals surface area contributed by atoms with E-state index in [4.69, 9.17) is 15.8 Å². The molecule has 0 fully saturated rings. The molecule has 1 aromatic heterocycles. The maximum absolute atomic E-state index is 12.2. The number of nitrogens with zero attached hydrogens (tertiary/aromatic N) is 1. The van der Waals surface area contributed by atoms with E-state index in [1.54, 1.807) is 41.8 Å². The van der Waals surface area contributed by atoms with Crippen LogP contribution in [0.4, 0.5) is 5.69 Å². The van der Waals surface area contributed by atoms with Crippen LogP contribution in [0.1, 0.15) is 4.88 Å². The number of hydrogen-bond donors (Lipinski definition) is 0. The van der Waals surface area contributed by atoms with Gasteiger partial charge in [0.2, 0.25) is 0 Å². The Hall–Kier alpha value is -2.15. The number of aliphatic imine (C=N–C) groups is 1. The standard InChI is InChI=1S/C17H12ClNO3S2/c18-13-3-9-17(10-4-13)24(20,21)22-15-7-5-14(6-8-15)19-12-16-2-1-11-23-16/h1-12H. The molecule has 0 amide bonds. The summed E-state index contributed by atoms with van der Waals surface area (Å²) in [7, 11) is -3.89. The van der Waals surface area contributed by atoms with E-state index in [1.165, 1.54) is 24.3 Å². The van der Waals surface area contributed by atoms with Gasteiger partial charge in [0.05, 0.1) is 5.69 Å². The molecule has 1 heterocycles. The van der Waals surface area contributed by atoms with Crippen LogP contribution in [0.15, 0.2) is 75.9 Å². The minimum absolute atomic E-state index is 0.0479. The summed E-state index contributed by atoms with van der Waals surface area (Å²) in [4.78, 5) is 5.41. The predicted molar refractivity (Wildman–Crippen MR) is 97.3 cm³/mol. The smallest absolute Gasteiger partial charge is 0.339 e. The molecule has 0 radical (unpaired) electrons. The lowest BCUT2D eigenvalue weighted by molar-refractivity contribution is 0.486. The molecule has 0 atom stereocenters. The fraction of sp³-hybridized carbons (Fsp3) is 0. The van der Waals surface area contributed by atoms with E-state index < -0.39 is 10.1 Å². The summed E-state index contributed by atoms with van der Waals surface area (Å²) >= 11 is 7.35. The van der Waals surface area contributed by atoms with Crippen molar-refractivity contribution in [2.75, 3.05) is 0 Å². The van der Waals surface area contributed by atoms with Crippen LogP contribution in [0.25, 0.3) is 0 Å². The van der Waals surface area contributed by atoms with Crippen molar-refractivity contribution in [3.63, 3.8) is 0 Å². The highest BCUT2D eigenvalue weighted by Gasteiger charge is 2.16. The van der Waals surface area contributed by atoms with Crippen LogP contribution in [-0.2, 0) is 10.1 Å². The van der Waals surface area contributed by atoms with Crippen LogP contribution < -0.4 is 4.18 Å². The average Bonchev–Trinajstić information content (AvgIpc) is 3.08. The molecule has 3 rings (SSSR count). The van der Waals surface area contributed by atoms with Gasteiger partial charge in [-0.25, -0.2) is 0 Å². The van der Waals surface area contributed by atoms with Gasteiger partial charge in [0.15, 0.2) is 0 Å². The minimum Gasteiger partial charge on any atom is -0.379 e. The highest BCUT2D eigenvalue weighted by molar-refractivity contribution is 7.87. The normalized spacial score (nSPS) is 11.7. The summed E-state index contributed by atoms with van der Waals surface area (Å²) in [5.41, 5.74) is 0.708. The lowest BCUT2D eigenvalue weighted by Gasteiger charge is -2.07. The Morgan fingerprint density at radius 3 is 2.33 bits per heavy atom. The minimum atomic E-state index is -3.89. The number of halogens is 1. The van der Waals surface area contributed by atoms with E-state index in [0.29, 0.717) is 10.7 Å². The molecular formula is C17H12ClNO3S2. The van der Waals surface area contributed by atoms with Gasteiger partial charge in [0.25, 0.3) is 0 Å². The maximum Gasteiger partial charge on any atom is 0.339 e. The van der Waals surface area contributed by atoms with Gasteiger partial charge in [0.1, 0.15) is 10.6 Å². The predicted octanol–water partition coefficient (Wildman–Crippen LogP) is 4.92. The summed E-state index contributed by atoms with van der Waals surface area (Å²) in [5.74, 6) is 0.222. The van der Waals surface area contributed by atoms with Gasteiger partial charge < -0.3 is 4.18 Å². The molecule has 4 nitrogen and oxygen atoms in total. The van der Waals surface area contributed by atoms with Crippen LogP contribution in [-0.4, -0.2) is 14.6 Å². The van der Waals surface area contributed by atoms with Gasteiger partial charge in [-0.05, 0) is 60.0 Å². The molecule has 0 bridgehead atoms. The molecule has 7 heteroatoms. The third-order valence-electron chi connectivity index (χ3n) is 3.03. The molecule has 0 aliphatic rings. The Labute approximate surface area is 149 Å². The number of benzene rings is 2. The first-order valence-electron chi connectivity index (χ1n) is 6.91. The summed E-state index contributed by atoms with van der Waals surface area (Å²) in [6.45, 7) is 0. The Morgan fingerprint density at radius 2 is 1.71 bits per heavy atom. The highest BCUT2D eigenvalue weighted by atomic mass is 35.5. The van der Waals surface area contributed by atoms with Gasteiger partial charge in [-0.2, -0.15) is 8.42 Å². The fourth-order valence-electron chi connectivity index (χ4n) is 1.87. The second-order valence-electron chi connectivity index (χ2n) is 4.76. The van der Waals surface area contributed by atoms with Crippen molar-refractivity contribution < 1.29 is 12.6 Å². The molecule has 0 N–H and O–H groups in total. The van der Waals surface area contributed by atoms with E-state index in [2.05, 4.69) is 4.99 Å². The fourth-order valence-corrected chi connectivity index (χ4v) is 3.51. The van der Waals surface area contributed by atoms with E-state index in [9.17, 15) is 8.42 Å². The molecule has 0 saturated carbocycles. The van der Waals surface area contributed by atoms with Crippen molar-refractivity contribution in [1.29, 1.82) is 0 Å². The Bertz CT molecular complexity index is 933. The van der Waals surface area contributed by atoms with Crippen molar-refractivity contribution in [2.24, 2.45) is 4.99 Å². The zero-order valence-electron chi connectivity index (χ0n) is 12.3. The van der Waals surface area contributed by atoms with Crippen molar-refractivity contribution in [2.45, 2.75) is 4.90 Å². The summed E-state index contributed by atoms with van der Waals surface area (Å²) in [6, 6.07) is 16.2. The topological polar surface area (TPSA) is 55.7 Å². The van der Waals surface area contributed by atoms with Crippen molar-refractivity contribution in [3.8, 4) is 5.75 Å². The largest absolute Gasteiger partial charge is 0.379 e. The molecule has 0 aliphatic heterocycles. The molecule has 2 aromatic carbocycles. The molecule has 0 saturated heterocycles. The van der Waals surface area contributed by atoms with Crippen molar-refractivity contribution >= 4 is 45.0 Å². The molecule has 3 aromatic rings. The summed E-state index contributed by atoms with van der Waals surface area (Å²) in [6.07, 6.45) is 1.75. The number of thiophene rings is 1. The van der Waals surface area contributed by atoms with Crippen LogP contribution in [0.3, 0.4) is 0 Å². The third kappa shape index (κ3) is 4.23. The lowest BCUT2D eigenvalue weighted by atomic mass is 10.3. The monoisotopic (exact) mass is 377 g/mol. The SMILES string of the molecule is O=S(=O)(Oc1ccc(N=Cc2cccs2)cc1)c1ccc(Cl)cc1. The van der Waals surface area contributed by atoms with Crippen molar-refractivity contribution in [3.05, 3.63) is 75.9 Å². The highest BCUT2D eigenvalue weighted by Crippen LogP contribution is 2.23. The first-order chi connectivity index (χ1) is 11.5. The molecule has 0 spiro atoms. The molecule has 0 unspecified atom stereocenters. The van der Waals surface area contributed by atoms with Gasteiger partial charge in [-0.15, -0.1) is 11.3 Å². The number of rotatable bonds is 5. The zero-order chi connectivity index (χ0) is 17.0. The van der Waals surface area contributed by atoms with E-state index in [1.807, 2.05) is 17.5 Å². The van der Waals surface area contributed by atoms with Gasteiger partial charge in [-0.1, -0.05) is 17.7 Å². The summed E-state index contributed by atoms with van der Waals surface area (Å²) in [5, 5.41) is 2.43. The zero-order valence-corrected chi connectivity index (χ0v) is 14.7. The second-order valence-corrected chi connectivity index (χ2v) is 7.72. The van der Waals surface area contributed by atoms with Crippen molar-refractivity contribution in [1.82, 2.24) is 0 Å². The van der Waals surface area contributed by atoms with E-state index in [-0.39, 0.29) is 10.6 Å². The molecule has 122 valence electrons. The molecule has 0 aliphatic carbocycles. The summed E-state index contributed by atoms with van der Waals surface area (Å²) < 4.78 is 29.5. The Morgan fingerprint density at radius 1 is 1.00 bits per heavy atom. The lowest BCUT2D eigenvalue weighted by Crippen LogP contribution is -2.09. The maximum atomic E-state index is 12.2. The van der Waals surface area contributed by atoms with Gasteiger partial charge >= 0.3 is 10.1 Å². The quantitative estimate of drug-likeness (QED) is 0.468. The Kier molecular flexibility index (Phi) is 4.99. The second kappa shape index (κ2) is 7.17. The molecule has 24 heavy (non-hydrogen) atoms.